The van der Waals surface area contributed by atoms with Crippen LogP contribution in [-0.4, -0.2) is 47.8 Å². The van der Waals surface area contributed by atoms with Crippen LogP contribution >= 0.6 is 11.6 Å². The molecular formula is C29H26ClF3N4O4. The van der Waals surface area contributed by atoms with E-state index in [4.69, 9.17) is 16.3 Å². The first kappa shape index (κ1) is 28.4. The van der Waals surface area contributed by atoms with Crippen LogP contribution in [0.15, 0.2) is 66.7 Å². The van der Waals surface area contributed by atoms with Gasteiger partial charge < -0.3 is 10.1 Å². The number of aromatic nitrogens is 1. The fourth-order valence-electron chi connectivity index (χ4n) is 5.18. The van der Waals surface area contributed by atoms with Crippen molar-refractivity contribution in [2.75, 3.05) is 16.9 Å². The summed E-state index contributed by atoms with van der Waals surface area (Å²) in [6.45, 7) is 0. The van der Waals surface area contributed by atoms with Crippen molar-refractivity contribution in [3.63, 3.8) is 0 Å². The molecule has 1 saturated heterocycles. The normalized spacial score (nSPS) is 18.9. The quantitative estimate of drug-likeness (QED) is 0.398. The topological polar surface area (TPSA) is 91.8 Å². The second-order valence-electron chi connectivity index (χ2n) is 9.94. The van der Waals surface area contributed by atoms with E-state index >= 15 is 0 Å². The Hall–Kier alpha value is -4.12. The molecule has 2 fully saturated rings. The molecule has 5 rings (SSSR count). The monoisotopic (exact) mass is 586 g/mol. The molecule has 0 spiro atoms. The lowest BCUT2D eigenvalue weighted by atomic mass is 9.87. The van der Waals surface area contributed by atoms with Crippen LogP contribution in [0.3, 0.4) is 0 Å². The molecule has 12 heteroatoms. The van der Waals surface area contributed by atoms with Crippen LogP contribution in [0.5, 0.6) is 5.88 Å². The molecule has 0 bridgehead atoms. The summed E-state index contributed by atoms with van der Waals surface area (Å²) in [7, 11) is 1.41. The average molecular weight is 587 g/mol. The molecule has 8 nitrogen and oxygen atoms in total. The average Bonchev–Trinajstić information content (AvgIpc) is 3.32. The fourth-order valence-corrected chi connectivity index (χ4v) is 5.42. The summed E-state index contributed by atoms with van der Waals surface area (Å²) in [6, 6.07) is 12.7. The van der Waals surface area contributed by atoms with E-state index in [9.17, 15) is 27.6 Å². The molecule has 1 N–H and O–H groups in total. The lowest BCUT2D eigenvalue weighted by molar-refractivity contribution is -0.133. The smallest absolute Gasteiger partial charge is 0.252 e. The Labute approximate surface area is 239 Å². The number of carbonyl (C=O) groups excluding carboxylic acids is 3. The van der Waals surface area contributed by atoms with Crippen LogP contribution in [0.25, 0.3) is 0 Å². The van der Waals surface area contributed by atoms with E-state index in [0.29, 0.717) is 0 Å². The Kier molecular flexibility index (Phi) is 7.90. The minimum Gasteiger partial charge on any atom is -0.481 e. The summed E-state index contributed by atoms with van der Waals surface area (Å²) in [5.74, 6) is -5.04. The van der Waals surface area contributed by atoms with Gasteiger partial charge >= 0.3 is 0 Å². The molecule has 2 atom stereocenters. The number of halogens is 4. The van der Waals surface area contributed by atoms with Crippen LogP contribution in [0.2, 0.25) is 5.02 Å². The minimum absolute atomic E-state index is 0.0202. The van der Waals surface area contributed by atoms with Gasteiger partial charge in [0.25, 0.3) is 11.8 Å². The fraction of sp³-hybridized carbons (Fsp3) is 0.310. The Morgan fingerprint density at radius 2 is 1.85 bits per heavy atom. The largest absolute Gasteiger partial charge is 0.481 e. The second kappa shape index (κ2) is 11.4. The first-order chi connectivity index (χ1) is 19.6. The Morgan fingerprint density at radius 3 is 2.54 bits per heavy atom. The highest BCUT2D eigenvalue weighted by Crippen LogP contribution is 2.40. The maximum absolute atomic E-state index is 14.5. The number of alkyl halides is 2. The number of amides is 3. The molecule has 1 aliphatic carbocycles. The third-order valence-electron chi connectivity index (χ3n) is 7.13. The lowest BCUT2D eigenvalue weighted by Gasteiger charge is -2.39. The number of carbonyl (C=O) groups is 3. The highest BCUT2D eigenvalue weighted by atomic mass is 35.5. The molecule has 2 aliphatic rings. The van der Waals surface area contributed by atoms with E-state index in [0.717, 1.165) is 11.0 Å². The van der Waals surface area contributed by atoms with Crippen molar-refractivity contribution in [2.45, 2.75) is 49.7 Å². The number of rotatable bonds is 8. The SMILES string of the molecule is COc1cccc(N2C(=O)CCC2C(=O)N(c2cccc(F)c2)C(C(=O)NC2CC(F)(F)C2)c2ccccc2Cl)n1. The van der Waals surface area contributed by atoms with Crippen LogP contribution < -0.4 is 19.9 Å². The van der Waals surface area contributed by atoms with Crippen molar-refractivity contribution in [1.82, 2.24) is 10.3 Å². The van der Waals surface area contributed by atoms with Crippen molar-refractivity contribution < 1.29 is 32.3 Å². The number of benzene rings is 2. The van der Waals surface area contributed by atoms with E-state index in [1.807, 2.05) is 0 Å². The summed E-state index contributed by atoms with van der Waals surface area (Å²) in [5, 5.41) is 2.73. The van der Waals surface area contributed by atoms with Crippen molar-refractivity contribution >= 4 is 40.8 Å². The van der Waals surface area contributed by atoms with E-state index < -0.39 is 54.5 Å². The van der Waals surface area contributed by atoms with Gasteiger partial charge in [-0.3, -0.25) is 24.2 Å². The number of nitrogens with zero attached hydrogens (tertiary/aromatic N) is 3. The summed E-state index contributed by atoms with van der Waals surface area (Å²) >= 11 is 6.50. The van der Waals surface area contributed by atoms with Gasteiger partial charge in [0.15, 0.2) is 0 Å². The van der Waals surface area contributed by atoms with Gasteiger partial charge in [-0.05, 0) is 36.8 Å². The number of ether oxygens (including phenoxy) is 1. The molecule has 0 radical (unpaired) electrons. The Morgan fingerprint density at radius 1 is 1.12 bits per heavy atom. The number of nitrogens with one attached hydrogen (secondary N) is 1. The number of anilines is 2. The Balaban J connectivity index is 1.60. The number of methoxy groups -OCH3 is 1. The standard InChI is InChI=1S/C29H26ClF3N4O4/c1-41-24-11-5-10-23(35-24)37-22(12-13-25(37)38)28(40)36(19-7-4-6-17(31)14-19)26(20-8-2-3-9-21(20)30)27(39)34-18-15-29(32,33)16-18/h2-11,14,18,22,26H,12-13,15-16H2,1H3,(H,34,39). The molecule has 2 unspecified atom stereocenters. The third kappa shape index (κ3) is 5.85. The predicted octanol–water partition coefficient (Wildman–Crippen LogP) is 5.07. The van der Waals surface area contributed by atoms with Crippen LogP contribution in [0.4, 0.5) is 24.7 Å². The van der Waals surface area contributed by atoms with Crippen LogP contribution in [-0.2, 0) is 14.4 Å². The van der Waals surface area contributed by atoms with Gasteiger partial charge in [-0.1, -0.05) is 41.9 Å². The van der Waals surface area contributed by atoms with Gasteiger partial charge in [-0.2, -0.15) is 4.98 Å². The molecule has 214 valence electrons. The number of hydrogen-bond acceptors (Lipinski definition) is 5. The highest BCUT2D eigenvalue weighted by Gasteiger charge is 2.48. The van der Waals surface area contributed by atoms with Gasteiger partial charge in [0.2, 0.25) is 17.7 Å². The van der Waals surface area contributed by atoms with E-state index in [1.54, 1.807) is 30.3 Å². The molecule has 1 aromatic heterocycles. The molecule has 2 heterocycles. The van der Waals surface area contributed by atoms with Gasteiger partial charge in [-0.15, -0.1) is 0 Å². The van der Waals surface area contributed by atoms with E-state index in [-0.39, 0.29) is 46.7 Å². The molecule has 3 amide bonds. The first-order valence-corrected chi connectivity index (χ1v) is 13.3. The minimum atomic E-state index is -2.90. The van der Waals surface area contributed by atoms with E-state index in [1.165, 1.54) is 42.3 Å². The zero-order chi connectivity index (χ0) is 29.3. The van der Waals surface area contributed by atoms with Crippen LogP contribution in [0.1, 0.15) is 37.3 Å². The highest BCUT2D eigenvalue weighted by molar-refractivity contribution is 6.31. The maximum Gasteiger partial charge on any atom is 0.252 e. The Bertz CT molecular complexity index is 1480. The summed E-state index contributed by atoms with van der Waals surface area (Å²) in [6.07, 6.45) is -0.983. The molecule has 1 aliphatic heterocycles. The van der Waals surface area contributed by atoms with E-state index in [2.05, 4.69) is 10.3 Å². The zero-order valence-corrected chi connectivity index (χ0v) is 22.7. The molecule has 3 aromatic rings. The van der Waals surface area contributed by atoms with Crippen molar-refractivity contribution in [3.05, 3.63) is 83.1 Å². The lowest BCUT2D eigenvalue weighted by Crippen LogP contribution is -2.56. The number of pyridine rings is 1. The predicted molar refractivity (Wildman–Crippen MR) is 145 cm³/mol. The first-order valence-electron chi connectivity index (χ1n) is 12.9. The van der Waals surface area contributed by atoms with Gasteiger partial charge in [0.1, 0.15) is 23.7 Å². The summed E-state index contributed by atoms with van der Waals surface area (Å²) in [4.78, 5) is 47.9. The summed E-state index contributed by atoms with van der Waals surface area (Å²) in [5.41, 5.74) is 0.220. The van der Waals surface area contributed by atoms with Crippen molar-refractivity contribution in [1.29, 1.82) is 0 Å². The third-order valence-corrected chi connectivity index (χ3v) is 7.47. The van der Waals surface area contributed by atoms with Gasteiger partial charge in [-0.25, -0.2) is 13.2 Å². The van der Waals surface area contributed by atoms with Gasteiger partial charge in [0.05, 0.1) is 7.11 Å². The van der Waals surface area contributed by atoms with Crippen LogP contribution in [0, 0.1) is 5.82 Å². The van der Waals surface area contributed by atoms with Gasteiger partial charge in [0, 0.05) is 47.6 Å². The summed E-state index contributed by atoms with van der Waals surface area (Å²) < 4.78 is 46.9. The number of hydrogen-bond donors (Lipinski definition) is 1. The molecular weight excluding hydrogens is 561 g/mol. The van der Waals surface area contributed by atoms with Crippen molar-refractivity contribution in [2.24, 2.45) is 0 Å². The molecule has 2 aromatic carbocycles. The molecule has 41 heavy (non-hydrogen) atoms. The second-order valence-corrected chi connectivity index (χ2v) is 10.3. The maximum atomic E-state index is 14.5. The van der Waals surface area contributed by atoms with Crippen molar-refractivity contribution in [3.8, 4) is 5.88 Å². The zero-order valence-electron chi connectivity index (χ0n) is 21.9. The molecule has 1 saturated carbocycles.